The lowest BCUT2D eigenvalue weighted by molar-refractivity contribution is 0.477. The van der Waals surface area contributed by atoms with Crippen LogP contribution in [0.5, 0.6) is 0 Å². The third kappa shape index (κ3) is 4.22. The van der Waals surface area contributed by atoms with Crippen LogP contribution < -0.4 is 10.0 Å². The number of nitrogens with one attached hydrogen (secondary N) is 2. The molecule has 7 heteroatoms. The lowest BCUT2D eigenvalue weighted by atomic mass is 10.1. The molecular formula is C13H20F2N2O2S. The molecule has 114 valence electrons. The Bertz CT molecular complexity index is 562. The molecule has 0 fully saturated rings. The summed E-state index contributed by atoms with van der Waals surface area (Å²) in [6, 6.07) is 2.13. The Morgan fingerprint density at radius 1 is 1.30 bits per heavy atom. The Morgan fingerprint density at radius 3 is 2.50 bits per heavy atom. The van der Waals surface area contributed by atoms with E-state index in [1.807, 2.05) is 13.8 Å². The second-order valence-corrected chi connectivity index (χ2v) is 6.52. The smallest absolute Gasteiger partial charge is 0.243 e. The van der Waals surface area contributed by atoms with Crippen molar-refractivity contribution in [3.8, 4) is 0 Å². The SMILES string of the molecule is CCC(C)CNS(=O)(=O)c1cc(CNC)cc(F)c1F. The van der Waals surface area contributed by atoms with Gasteiger partial charge < -0.3 is 5.32 Å². The van der Waals surface area contributed by atoms with Crippen molar-refractivity contribution in [1.29, 1.82) is 0 Å². The van der Waals surface area contributed by atoms with Crippen molar-refractivity contribution in [2.45, 2.75) is 31.7 Å². The molecule has 0 spiro atoms. The van der Waals surface area contributed by atoms with Crippen LogP contribution in [0.4, 0.5) is 8.78 Å². The van der Waals surface area contributed by atoms with Crippen molar-refractivity contribution in [3.05, 3.63) is 29.3 Å². The van der Waals surface area contributed by atoms with Gasteiger partial charge >= 0.3 is 0 Å². The fourth-order valence-corrected chi connectivity index (χ4v) is 2.89. The van der Waals surface area contributed by atoms with Gasteiger partial charge in [-0.2, -0.15) is 0 Å². The summed E-state index contributed by atoms with van der Waals surface area (Å²) < 4.78 is 53.6. The quantitative estimate of drug-likeness (QED) is 0.810. The number of hydrogen-bond donors (Lipinski definition) is 2. The second-order valence-electron chi connectivity index (χ2n) is 4.79. The highest BCUT2D eigenvalue weighted by Crippen LogP contribution is 2.20. The molecule has 1 unspecified atom stereocenters. The maximum Gasteiger partial charge on any atom is 0.243 e. The van der Waals surface area contributed by atoms with E-state index in [2.05, 4.69) is 10.0 Å². The molecule has 0 aliphatic heterocycles. The molecule has 1 aromatic rings. The van der Waals surface area contributed by atoms with Crippen LogP contribution in [0.1, 0.15) is 25.8 Å². The van der Waals surface area contributed by atoms with Crippen LogP contribution in [0.2, 0.25) is 0 Å². The van der Waals surface area contributed by atoms with E-state index in [1.165, 1.54) is 0 Å². The van der Waals surface area contributed by atoms with Gasteiger partial charge in [0.2, 0.25) is 10.0 Å². The standard InChI is InChI=1S/C13H20F2N2O2S/c1-4-9(2)7-17-20(18,19)12-6-10(8-16-3)5-11(14)13(12)15/h5-6,9,16-17H,4,7-8H2,1-3H3. The van der Waals surface area contributed by atoms with Gasteiger partial charge in [-0.15, -0.1) is 0 Å². The van der Waals surface area contributed by atoms with E-state index < -0.39 is 26.6 Å². The minimum atomic E-state index is -4.05. The molecule has 0 saturated carbocycles. The van der Waals surface area contributed by atoms with Crippen molar-refractivity contribution in [3.63, 3.8) is 0 Å². The summed E-state index contributed by atoms with van der Waals surface area (Å²) in [7, 11) is -2.42. The molecule has 0 bridgehead atoms. The van der Waals surface area contributed by atoms with Crippen LogP contribution in [0.25, 0.3) is 0 Å². The molecule has 4 nitrogen and oxygen atoms in total. The predicted octanol–water partition coefficient (Wildman–Crippen LogP) is 2.01. The van der Waals surface area contributed by atoms with Crippen LogP contribution in [-0.4, -0.2) is 22.0 Å². The summed E-state index contributed by atoms with van der Waals surface area (Å²) in [4.78, 5) is -0.647. The van der Waals surface area contributed by atoms with Crippen molar-refractivity contribution in [1.82, 2.24) is 10.0 Å². The number of benzene rings is 1. The van der Waals surface area contributed by atoms with Gasteiger partial charge in [0, 0.05) is 13.1 Å². The van der Waals surface area contributed by atoms with Crippen LogP contribution in [-0.2, 0) is 16.6 Å². The Morgan fingerprint density at radius 2 is 1.95 bits per heavy atom. The number of halogens is 2. The fraction of sp³-hybridized carbons (Fsp3) is 0.538. The third-order valence-corrected chi connectivity index (χ3v) is 4.47. The van der Waals surface area contributed by atoms with E-state index in [0.717, 1.165) is 18.6 Å². The normalized spacial score (nSPS) is 13.4. The molecular weight excluding hydrogens is 286 g/mol. The number of rotatable bonds is 7. The van der Waals surface area contributed by atoms with E-state index >= 15 is 0 Å². The van der Waals surface area contributed by atoms with E-state index in [-0.39, 0.29) is 19.0 Å². The zero-order valence-corrected chi connectivity index (χ0v) is 12.7. The largest absolute Gasteiger partial charge is 0.316 e. The zero-order valence-electron chi connectivity index (χ0n) is 11.8. The Hall–Kier alpha value is -1.05. The van der Waals surface area contributed by atoms with Gasteiger partial charge in [0.15, 0.2) is 11.6 Å². The maximum absolute atomic E-state index is 13.7. The lowest BCUT2D eigenvalue weighted by Gasteiger charge is -2.13. The molecule has 0 aromatic heterocycles. The highest BCUT2D eigenvalue weighted by molar-refractivity contribution is 7.89. The van der Waals surface area contributed by atoms with Crippen molar-refractivity contribution in [2.75, 3.05) is 13.6 Å². The van der Waals surface area contributed by atoms with Crippen LogP contribution in [0, 0.1) is 17.6 Å². The van der Waals surface area contributed by atoms with Gasteiger partial charge in [0.05, 0.1) is 0 Å². The minimum Gasteiger partial charge on any atom is -0.316 e. The van der Waals surface area contributed by atoms with Crippen molar-refractivity contribution in [2.24, 2.45) is 5.92 Å². The zero-order chi connectivity index (χ0) is 15.3. The monoisotopic (exact) mass is 306 g/mol. The highest BCUT2D eigenvalue weighted by atomic mass is 32.2. The van der Waals surface area contributed by atoms with Crippen molar-refractivity contribution < 1.29 is 17.2 Å². The van der Waals surface area contributed by atoms with E-state index in [9.17, 15) is 17.2 Å². The fourth-order valence-electron chi connectivity index (χ4n) is 1.59. The highest BCUT2D eigenvalue weighted by Gasteiger charge is 2.23. The van der Waals surface area contributed by atoms with E-state index in [1.54, 1.807) is 7.05 Å². The van der Waals surface area contributed by atoms with Gasteiger partial charge in [-0.05, 0) is 30.7 Å². The Labute approximate surface area is 118 Å². The summed E-state index contributed by atoms with van der Waals surface area (Å²) in [6.07, 6.45) is 0.791. The molecule has 0 aliphatic carbocycles. The first-order valence-corrected chi connectivity index (χ1v) is 7.92. The number of hydrogen-bond acceptors (Lipinski definition) is 3. The first kappa shape index (κ1) is 17.0. The van der Waals surface area contributed by atoms with Gasteiger partial charge in [0.1, 0.15) is 4.90 Å². The second kappa shape index (κ2) is 7.10. The lowest BCUT2D eigenvalue weighted by Crippen LogP contribution is -2.29. The molecule has 20 heavy (non-hydrogen) atoms. The van der Waals surface area contributed by atoms with Gasteiger partial charge in [-0.25, -0.2) is 21.9 Å². The molecule has 2 N–H and O–H groups in total. The van der Waals surface area contributed by atoms with Crippen LogP contribution in [0.3, 0.4) is 0 Å². The first-order valence-electron chi connectivity index (χ1n) is 6.44. The van der Waals surface area contributed by atoms with Gasteiger partial charge in [-0.1, -0.05) is 20.3 Å². The topological polar surface area (TPSA) is 58.2 Å². The summed E-state index contributed by atoms with van der Waals surface area (Å²) >= 11 is 0. The van der Waals surface area contributed by atoms with E-state index in [4.69, 9.17) is 0 Å². The van der Waals surface area contributed by atoms with Crippen molar-refractivity contribution >= 4 is 10.0 Å². The molecule has 0 saturated heterocycles. The van der Waals surface area contributed by atoms with Crippen LogP contribution >= 0.6 is 0 Å². The molecule has 0 amide bonds. The van der Waals surface area contributed by atoms with Gasteiger partial charge in [0.25, 0.3) is 0 Å². The average Bonchev–Trinajstić information content (AvgIpc) is 2.40. The predicted molar refractivity (Wildman–Crippen MR) is 73.8 cm³/mol. The minimum absolute atomic E-state index is 0.123. The molecule has 0 aliphatic rings. The summed E-state index contributed by atoms with van der Waals surface area (Å²) in [6.45, 7) is 4.24. The summed E-state index contributed by atoms with van der Waals surface area (Å²) in [5, 5.41) is 2.76. The number of sulfonamides is 1. The molecule has 1 aromatic carbocycles. The average molecular weight is 306 g/mol. The van der Waals surface area contributed by atoms with Gasteiger partial charge in [-0.3, -0.25) is 0 Å². The maximum atomic E-state index is 13.7. The van der Waals surface area contributed by atoms with E-state index in [0.29, 0.717) is 5.56 Å². The molecule has 1 rings (SSSR count). The summed E-state index contributed by atoms with van der Waals surface area (Å²) in [5.74, 6) is -2.39. The summed E-state index contributed by atoms with van der Waals surface area (Å²) in [5.41, 5.74) is 0.371. The van der Waals surface area contributed by atoms with Crippen LogP contribution in [0.15, 0.2) is 17.0 Å². The Balaban J connectivity index is 3.10. The Kier molecular flexibility index (Phi) is 6.04. The molecule has 0 heterocycles. The first-order chi connectivity index (χ1) is 9.31. The molecule has 1 atom stereocenters. The molecule has 0 radical (unpaired) electrons. The third-order valence-electron chi connectivity index (χ3n) is 3.04.